The van der Waals surface area contributed by atoms with E-state index >= 15 is 0 Å². The molecule has 0 saturated carbocycles. The molecule has 0 aliphatic heterocycles. The van der Waals surface area contributed by atoms with Gasteiger partial charge in [0.1, 0.15) is 5.76 Å². The summed E-state index contributed by atoms with van der Waals surface area (Å²) >= 11 is 1.37. The number of aromatic nitrogens is 1. The maximum Gasteiger partial charge on any atom is 0.177 e. The second-order valence-electron chi connectivity index (χ2n) is 2.56. The number of thioether (sulfide) groups is 1. The molecule has 1 aromatic rings. The Bertz CT molecular complexity index is 301. The maximum absolute atomic E-state index is 5.43. The van der Waals surface area contributed by atoms with Crippen molar-refractivity contribution >= 4 is 16.9 Å². The number of nitrogens with two attached hydrogens (primary N) is 2. The van der Waals surface area contributed by atoms with Crippen LogP contribution in [0.4, 0.5) is 0 Å². The minimum absolute atomic E-state index is 0.361. The van der Waals surface area contributed by atoms with E-state index in [0.717, 1.165) is 17.0 Å². The number of hydrogen-bond donors (Lipinski definition) is 2. The molecule has 0 aliphatic rings. The number of hydrazone groups is 1. The first kappa shape index (κ1) is 9.91. The highest BCUT2D eigenvalue weighted by Gasteiger charge is 2.09. The Labute approximate surface area is 80.5 Å². The van der Waals surface area contributed by atoms with Crippen LogP contribution < -0.4 is 11.6 Å². The van der Waals surface area contributed by atoms with Gasteiger partial charge in [-0.05, 0) is 13.8 Å². The van der Waals surface area contributed by atoms with E-state index in [4.69, 9.17) is 16.1 Å². The zero-order valence-corrected chi connectivity index (χ0v) is 8.39. The standard InChI is InChI=1S/C7H12N4OS/c1-4-6(5(2)12-11-4)3-13-7(8)10-9/h3,9H2,1-2H3,(H2,8,10). The third kappa shape index (κ3) is 2.38. The third-order valence-electron chi connectivity index (χ3n) is 1.67. The quantitative estimate of drug-likeness (QED) is 0.317. The molecule has 1 rings (SSSR count). The fraction of sp³-hybridized carbons (Fsp3) is 0.429. The van der Waals surface area contributed by atoms with E-state index < -0.39 is 0 Å². The molecule has 6 heteroatoms. The summed E-state index contributed by atoms with van der Waals surface area (Å²) < 4.78 is 4.99. The van der Waals surface area contributed by atoms with E-state index in [9.17, 15) is 0 Å². The Kier molecular flexibility index (Phi) is 3.18. The second kappa shape index (κ2) is 4.18. The van der Waals surface area contributed by atoms with Crippen molar-refractivity contribution in [3.05, 3.63) is 17.0 Å². The SMILES string of the molecule is Cc1noc(C)c1CSC(N)=NN. The van der Waals surface area contributed by atoms with Gasteiger partial charge in [-0.2, -0.15) is 5.10 Å². The summed E-state index contributed by atoms with van der Waals surface area (Å²) in [6, 6.07) is 0. The molecule has 5 nitrogen and oxygen atoms in total. The van der Waals surface area contributed by atoms with Gasteiger partial charge in [0.2, 0.25) is 0 Å². The van der Waals surface area contributed by atoms with Gasteiger partial charge in [0.25, 0.3) is 0 Å². The molecule has 0 fully saturated rings. The van der Waals surface area contributed by atoms with Gasteiger partial charge in [0.15, 0.2) is 5.17 Å². The molecule has 0 spiro atoms. The number of amidine groups is 1. The molecule has 0 atom stereocenters. The number of nitrogens with zero attached hydrogens (tertiary/aromatic N) is 2. The molecule has 0 bridgehead atoms. The van der Waals surface area contributed by atoms with Crippen molar-refractivity contribution in [2.75, 3.05) is 0 Å². The zero-order chi connectivity index (χ0) is 9.84. The molecule has 1 aromatic heterocycles. The highest BCUT2D eigenvalue weighted by Crippen LogP contribution is 2.18. The first-order valence-electron chi connectivity index (χ1n) is 3.73. The average molecular weight is 200 g/mol. The van der Waals surface area contributed by atoms with Crippen LogP contribution in [0.15, 0.2) is 9.62 Å². The van der Waals surface area contributed by atoms with Crippen LogP contribution in [0.2, 0.25) is 0 Å². The minimum atomic E-state index is 0.361. The average Bonchev–Trinajstić information content (AvgIpc) is 2.43. The van der Waals surface area contributed by atoms with Gasteiger partial charge in [-0.1, -0.05) is 16.9 Å². The van der Waals surface area contributed by atoms with E-state index in [2.05, 4.69) is 10.3 Å². The number of hydrogen-bond acceptors (Lipinski definition) is 5. The molecule has 0 aromatic carbocycles. The monoisotopic (exact) mass is 200 g/mol. The lowest BCUT2D eigenvalue weighted by Gasteiger charge is -1.98. The molecule has 0 unspecified atom stereocenters. The molecular weight excluding hydrogens is 188 g/mol. The summed E-state index contributed by atoms with van der Waals surface area (Å²) in [5, 5.41) is 7.53. The topological polar surface area (TPSA) is 90.4 Å². The van der Waals surface area contributed by atoms with E-state index in [1.54, 1.807) is 0 Å². The van der Waals surface area contributed by atoms with Crippen LogP contribution in [0.25, 0.3) is 0 Å². The summed E-state index contributed by atoms with van der Waals surface area (Å²) in [6.45, 7) is 3.76. The van der Waals surface area contributed by atoms with Crippen LogP contribution in [0, 0.1) is 13.8 Å². The van der Waals surface area contributed by atoms with Crippen molar-refractivity contribution in [3.63, 3.8) is 0 Å². The molecule has 1 heterocycles. The third-order valence-corrected chi connectivity index (χ3v) is 2.51. The van der Waals surface area contributed by atoms with Crippen LogP contribution in [0.3, 0.4) is 0 Å². The Balaban J connectivity index is 2.64. The normalized spacial score (nSPS) is 12.0. The van der Waals surface area contributed by atoms with Gasteiger partial charge >= 0.3 is 0 Å². The predicted octanol–water partition coefficient (Wildman–Crippen LogP) is 0.713. The van der Waals surface area contributed by atoms with Gasteiger partial charge in [0, 0.05) is 11.3 Å². The van der Waals surface area contributed by atoms with Crippen LogP contribution in [-0.4, -0.2) is 10.3 Å². The molecule has 13 heavy (non-hydrogen) atoms. The van der Waals surface area contributed by atoms with Crippen molar-refractivity contribution in [1.29, 1.82) is 0 Å². The fourth-order valence-corrected chi connectivity index (χ4v) is 1.67. The number of rotatable bonds is 2. The van der Waals surface area contributed by atoms with Crippen molar-refractivity contribution < 1.29 is 4.52 Å². The largest absolute Gasteiger partial charge is 0.377 e. The predicted molar refractivity (Wildman–Crippen MR) is 53.1 cm³/mol. The molecule has 0 amide bonds. The van der Waals surface area contributed by atoms with E-state index in [1.165, 1.54) is 11.8 Å². The van der Waals surface area contributed by atoms with Crippen LogP contribution in [-0.2, 0) is 5.75 Å². The van der Waals surface area contributed by atoms with Crippen molar-refractivity contribution in [3.8, 4) is 0 Å². The highest BCUT2D eigenvalue weighted by molar-refractivity contribution is 8.13. The van der Waals surface area contributed by atoms with Crippen molar-refractivity contribution in [2.24, 2.45) is 16.7 Å². The van der Waals surface area contributed by atoms with Crippen LogP contribution in [0.5, 0.6) is 0 Å². The smallest absolute Gasteiger partial charge is 0.177 e. The Morgan fingerprint density at radius 3 is 2.77 bits per heavy atom. The fourth-order valence-electron chi connectivity index (χ4n) is 0.891. The molecule has 72 valence electrons. The van der Waals surface area contributed by atoms with Crippen LogP contribution >= 0.6 is 11.8 Å². The lowest BCUT2D eigenvalue weighted by atomic mass is 10.2. The van der Waals surface area contributed by atoms with E-state index in [1.807, 2.05) is 13.8 Å². The summed E-state index contributed by atoms with van der Waals surface area (Å²) in [4.78, 5) is 0. The lowest BCUT2D eigenvalue weighted by molar-refractivity contribution is 0.392. The zero-order valence-electron chi connectivity index (χ0n) is 7.57. The molecule has 0 radical (unpaired) electrons. The Hall–Kier alpha value is -1.17. The van der Waals surface area contributed by atoms with Gasteiger partial charge < -0.3 is 16.1 Å². The van der Waals surface area contributed by atoms with Crippen molar-refractivity contribution in [1.82, 2.24) is 5.16 Å². The summed E-state index contributed by atoms with van der Waals surface area (Å²) in [5.41, 5.74) is 7.36. The van der Waals surface area contributed by atoms with Gasteiger partial charge in [-0.3, -0.25) is 0 Å². The van der Waals surface area contributed by atoms with Gasteiger partial charge in [-0.15, -0.1) is 0 Å². The Morgan fingerprint density at radius 2 is 2.31 bits per heavy atom. The molecule has 4 N–H and O–H groups in total. The Morgan fingerprint density at radius 1 is 1.62 bits per heavy atom. The lowest BCUT2D eigenvalue weighted by Crippen LogP contribution is -2.09. The molecule has 0 aliphatic carbocycles. The first-order chi connectivity index (χ1) is 6.15. The molecular formula is C7H12N4OS. The summed E-state index contributed by atoms with van der Waals surface area (Å²) in [5.74, 6) is 6.49. The molecule has 0 saturated heterocycles. The van der Waals surface area contributed by atoms with E-state index in [-0.39, 0.29) is 0 Å². The number of aryl methyl sites for hydroxylation is 2. The second-order valence-corrected chi connectivity index (χ2v) is 3.55. The summed E-state index contributed by atoms with van der Waals surface area (Å²) in [7, 11) is 0. The van der Waals surface area contributed by atoms with Crippen molar-refractivity contribution in [2.45, 2.75) is 19.6 Å². The minimum Gasteiger partial charge on any atom is -0.377 e. The maximum atomic E-state index is 5.43. The highest BCUT2D eigenvalue weighted by atomic mass is 32.2. The summed E-state index contributed by atoms with van der Waals surface area (Å²) in [6.07, 6.45) is 0. The van der Waals surface area contributed by atoms with Gasteiger partial charge in [-0.25, -0.2) is 0 Å². The first-order valence-corrected chi connectivity index (χ1v) is 4.71. The van der Waals surface area contributed by atoms with Crippen LogP contribution in [0.1, 0.15) is 17.0 Å². The van der Waals surface area contributed by atoms with Gasteiger partial charge in [0.05, 0.1) is 5.69 Å². The van der Waals surface area contributed by atoms with E-state index in [0.29, 0.717) is 10.9 Å².